The fourth-order valence-electron chi connectivity index (χ4n) is 4.69. The van der Waals surface area contributed by atoms with Gasteiger partial charge in [-0.05, 0) is 70.3 Å². The summed E-state index contributed by atoms with van der Waals surface area (Å²) in [6.45, 7) is 11.3. The molecule has 0 spiro atoms. The van der Waals surface area contributed by atoms with Crippen LogP contribution in [0.3, 0.4) is 0 Å². The number of hydrogen-bond donors (Lipinski definition) is 0. The van der Waals surface area contributed by atoms with Crippen LogP contribution in [0.5, 0.6) is 5.75 Å². The van der Waals surface area contributed by atoms with E-state index in [1.807, 2.05) is 0 Å². The van der Waals surface area contributed by atoms with Gasteiger partial charge in [-0.2, -0.15) is 0 Å². The van der Waals surface area contributed by atoms with Gasteiger partial charge in [0, 0.05) is 24.2 Å². The molecule has 0 N–H and O–H groups in total. The maximum atomic E-state index is 6.62. The van der Waals surface area contributed by atoms with E-state index in [9.17, 15) is 0 Å². The van der Waals surface area contributed by atoms with E-state index in [0.717, 1.165) is 18.2 Å². The van der Waals surface area contributed by atoms with E-state index in [-0.39, 0.29) is 6.10 Å². The summed E-state index contributed by atoms with van der Waals surface area (Å²) >= 11 is 0. The molecule has 0 bridgehead atoms. The third-order valence-electron chi connectivity index (χ3n) is 6.28. The molecule has 2 aromatic rings. The van der Waals surface area contributed by atoms with Crippen molar-refractivity contribution >= 4 is 0 Å². The minimum absolute atomic E-state index is 0.170. The van der Waals surface area contributed by atoms with Crippen molar-refractivity contribution in [2.75, 3.05) is 19.6 Å². The molecule has 0 aliphatic carbocycles. The Bertz CT molecular complexity index is 809. The van der Waals surface area contributed by atoms with Gasteiger partial charge in [-0.1, -0.05) is 36.8 Å². The summed E-state index contributed by atoms with van der Waals surface area (Å²) in [5.74, 6) is 2.38. The summed E-state index contributed by atoms with van der Waals surface area (Å²) in [7, 11) is 0. The standard InChI is InChI=1S/C25H34N2O/c1-19(2)10-11-20(3)17-26-15-12-21(13-16-26)25-23-8-6-14-27(23)18-22-7-4-5-9-24(22)28-25/h4-10,14,20-21,25H,11-13,15-18H2,1-3H3. The average Bonchev–Trinajstić information content (AvgIpc) is 3.08. The fourth-order valence-corrected chi connectivity index (χ4v) is 4.69. The number of allylic oxidation sites excluding steroid dienone is 2. The number of hydrogen-bond acceptors (Lipinski definition) is 2. The van der Waals surface area contributed by atoms with Crippen molar-refractivity contribution in [3.8, 4) is 5.75 Å². The molecule has 1 aromatic carbocycles. The van der Waals surface area contributed by atoms with Gasteiger partial charge >= 0.3 is 0 Å². The zero-order valence-corrected chi connectivity index (χ0v) is 17.6. The first kappa shape index (κ1) is 19.3. The number of ether oxygens (including phenoxy) is 1. The number of aromatic nitrogens is 1. The van der Waals surface area contributed by atoms with Gasteiger partial charge in [-0.3, -0.25) is 0 Å². The monoisotopic (exact) mass is 378 g/mol. The third-order valence-corrected chi connectivity index (χ3v) is 6.28. The lowest BCUT2D eigenvalue weighted by molar-refractivity contribution is 0.0694. The number of fused-ring (bicyclic) bond motifs is 2. The van der Waals surface area contributed by atoms with E-state index in [1.165, 1.54) is 55.7 Å². The normalized spacial score (nSPS) is 21.2. The number of para-hydroxylation sites is 1. The molecule has 3 nitrogen and oxygen atoms in total. The lowest BCUT2D eigenvalue weighted by atomic mass is 9.88. The van der Waals surface area contributed by atoms with Crippen molar-refractivity contribution in [3.63, 3.8) is 0 Å². The molecule has 150 valence electrons. The zero-order valence-electron chi connectivity index (χ0n) is 17.6. The van der Waals surface area contributed by atoms with Gasteiger partial charge in [-0.15, -0.1) is 0 Å². The predicted octanol–water partition coefficient (Wildman–Crippen LogP) is 5.67. The van der Waals surface area contributed by atoms with Crippen LogP contribution in [0.15, 0.2) is 54.2 Å². The van der Waals surface area contributed by atoms with Crippen LogP contribution in [0.1, 0.15) is 57.4 Å². The van der Waals surface area contributed by atoms with E-state index in [2.05, 4.69) is 78.9 Å². The van der Waals surface area contributed by atoms with Crippen molar-refractivity contribution in [2.45, 2.75) is 52.7 Å². The largest absolute Gasteiger partial charge is 0.484 e. The highest BCUT2D eigenvalue weighted by atomic mass is 16.5. The molecule has 4 rings (SSSR count). The van der Waals surface area contributed by atoms with Crippen LogP contribution >= 0.6 is 0 Å². The minimum atomic E-state index is 0.170. The van der Waals surface area contributed by atoms with Crippen molar-refractivity contribution in [2.24, 2.45) is 11.8 Å². The van der Waals surface area contributed by atoms with Gasteiger partial charge in [-0.25, -0.2) is 0 Å². The highest BCUT2D eigenvalue weighted by molar-refractivity contribution is 5.36. The number of nitrogens with zero attached hydrogens (tertiary/aromatic N) is 2. The zero-order chi connectivity index (χ0) is 19.5. The smallest absolute Gasteiger partial charge is 0.141 e. The van der Waals surface area contributed by atoms with Gasteiger partial charge in [0.05, 0.1) is 12.2 Å². The Morgan fingerprint density at radius 1 is 1.14 bits per heavy atom. The molecular weight excluding hydrogens is 344 g/mol. The number of rotatable bonds is 5. The summed E-state index contributed by atoms with van der Waals surface area (Å²) in [6, 6.07) is 12.9. The summed E-state index contributed by atoms with van der Waals surface area (Å²) < 4.78 is 8.99. The van der Waals surface area contributed by atoms with E-state index in [0.29, 0.717) is 5.92 Å². The van der Waals surface area contributed by atoms with Crippen molar-refractivity contribution < 1.29 is 4.74 Å². The van der Waals surface area contributed by atoms with E-state index in [1.54, 1.807) is 0 Å². The SMILES string of the molecule is CC(C)=CCC(C)CN1CCC(C2Oc3ccccc3Cn3cccc32)CC1. The molecule has 3 heterocycles. The molecule has 1 fully saturated rings. The maximum Gasteiger partial charge on any atom is 0.141 e. The Hall–Kier alpha value is -2.00. The summed E-state index contributed by atoms with van der Waals surface area (Å²) in [6.07, 6.45) is 8.37. The molecule has 0 saturated carbocycles. The summed E-state index contributed by atoms with van der Waals surface area (Å²) in [4.78, 5) is 2.66. The van der Waals surface area contributed by atoms with Crippen LogP contribution in [-0.2, 0) is 6.54 Å². The second-order valence-corrected chi connectivity index (χ2v) is 8.97. The quantitative estimate of drug-likeness (QED) is 0.623. The van der Waals surface area contributed by atoms with Crippen LogP contribution in [-0.4, -0.2) is 29.1 Å². The van der Waals surface area contributed by atoms with E-state index in [4.69, 9.17) is 4.74 Å². The molecule has 0 radical (unpaired) electrons. The fraction of sp³-hybridized carbons (Fsp3) is 0.520. The van der Waals surface area contributed by atoms with E-state index < -0.39 is 0 Å². The Balaban J connectivity index is 1.41. The van der Waals surface area contributed by atoms with Gasteiger partial charge in [0.1, 0.15) is 11.9 Å². The molecule has 0 amide bonds. The van der Waals surface area contributed by atoms with Crippen LogP contribution in [0.25, 0.3) is 0 Å². The number of benzene rings is 1. The maximum absolute atomic E-state index is 6.62. The minimum Gasteiger partial charge on any atom is -0.484 e. The number of piperidine rings is 1. The van der Waals surface area contributed by atoms with Crippen LogP contribution in [0, 0.1) is 11.8 Å². The second-order valence-electron chi connectivity index (χ2n) is 8.97. The van der Waals surface area contributed by atoms with Gasteiger partial charge in [0.2, 0.25) is 0 Å². The Morgan fingerprint density at radius 3 is 2.71 bits per heavy atom. The first-order valence-corrected chi connectivity index (χ1v) is 10.9. The molecule has 1 aromatic heterocycles. The van der Waals surface area contributed by atoms with Crippen LogP contribution in [0.2, 0.25) is 0 Å². The first-order chi connectivity index (χ1) is 13.6. The lowest BCUT2D eigenvalue weighted by Gasteiger charge is -2.36. The molecule has 3 heteroatoms. The van der Waals surface area contributed by atoms with Crippen LogP contribution < -0.4 is 4.74 Å². The Kier molecular flexibility index (Phi) is 5.91. The summed E-state index contributed by atoms with van der Waals surface area (Å²) in [5, 5.41) is 0. The predicted molar refractivity (Wildman–Crippen MR) is 116 cm³/mol. The number of likely N-dealkylation sites (tertiary alicyclic amines) is 1. The first-order valence-electron chi connectivity index (χ1n) is 10.9. The third kappa shape index (κ3) is 4.35. The molecular formula is C25H34N2O. The van der Waals surface area contributed by atoms with Gasteiger partial charge in [0.15, 0.2) is 0 Å². The molecule has 1 saturated heterocycles. The Morgan fingerprint density at radius 2 is 1.93 bits per heavy atom. The lowest BCUT2D eigenvalue weighted by Crippen LogP contribution is -2.39. The van der Waals surface area contributed by atoms with Crippen molar-refractivity contribution in [1.29, 1.82) is 0 Å². The van der Waals surface area contributed by atoms with Crippen molar-refractivity contribution in [1.82, 2.24) is 9.47 Å². The van der Waals surface area contributed by atoms with Gasteiger partial charge in [0.25, 0.3) is 0 Å². The molecule has 2 unspecified atom stereocenters. The molecule has 2 atom stereocenters. The highest BCUT2D eigenvalue weighted by Gasteiger charge is 2.33. The summed E-state index contributed by atoms with van der Waals surface area (Å²) in [5.41, 5.74) is 4.05. The van der Waals surface area contributed by atoms with Gasteiger partial charge < -0.3 is 14.2 Å². The molecule has 2 aliphatic rings. The Labute approximate surface area is 170 Å². The highest BCUT2D eigenvalue weighted by Crippen LogP contribution is 2.39. The second kappa shape index (κ2) is 8.57. The molecule has 28 heavy (non-hydrogen) atoms. The molecule has 2 aliphatic heterocycles. The average molecular weight is 379 g/mol. The van der Waals surface area contributed by atoms with Crippen LogP contribution in [0.4, 0.5) is 0 Å². The topological polar surface area (TPSA) is 17.4 Å². The van der Waals surface area contributed by atoms with E-state index >= 15 is 0 Å². The van der Waals surface area contributed by atoms with Crippen molar-refractivity contribution in [3.05, 3.63) is 65.5 Å².